The zero-order valence-electron chi connectivity index (χ0n) is 29.3. The fourth-order valence-corrected chi connectivity index (χ4v) is 6.12. The summed E-state index contributed by atoms with van der Waals surface area (Å²) in [5.74, 6) is 0. The van der Waals surface area contributed by atoms with Crippen molar-refractivity contribution in [3.63, 3.8) is 0 Å². The van der Waals surface area contributed by atoms with Gasteiger partial charge < -0.3 is 19.1 Å². The Labute approximate surface area is 329 Å². The second-order valence-corrected chi connectivity index (χ2v) is 16.3. The number of amides is 2. The molecule has 2 amide bonds. The molecule has 0 aliphatic heterocycles. The molecule has 15 heteroatoms. The first kappa shape index (κ1) is 43.8. The van der Waals surface area contributed by atoms with Gasteiger partial charge in [0.1, 0.15) is 27.6 Å². The van der Waals surface area contributed by atoms with Crippen LogP contribution in [0, 0.1) is 0 Å². The normalized spacial score (nSPS) is 11.8. The number of nitrogens with one attached hydrogen (secondary N) is 2. The smallest absolute Gasteiger partial charge is 0.746 e. The number of rotatable bonds is 9. The Morgan fingerprint density at radius 3 is 1.45 bits per heavy atom. The first-order valence-corrected chi connectivity index (χ1v) is 18.2. The minimum Gasteiger partial charge on any atom is -0.746 e. The number of aliphatic hydroxyl groups is 1. The summed E-state index contributed by atoms with van der Waals surface area (Å²) >= 11 is 2.92. The van der Waals surface area contributed by atoms with E-state index in [1.807, 2.05) is 63.2 Å². The van der Waals surface area contributed by atoms with E-state index >= 15 is 0 Å². The molecule has 0 radical (unpaired) electrons. The van der Waals surface area contributed by atoms with Gasteiger partial charge in [0.2, 0.25) is 0 Å². The number of hydrogen-bond donors (Lipinski definition) is 3. The molecule has 51 heavy (non-hydrogen) atoms. The first-order valence-electron chi connectivity index (χ1n) is 15.1. The molecular weight excluding hydrogens is 724 g/mol. The van der Waals surface area contributed by atoms with Gasteiger partial charge in [0, 0.05) is 36.5 Å². The maximum Gasteiger partial charge on any atom is 1.00 e. The van der Waals surface area contributed by atoms with E-state index in [2.05, 4.69) is 10.6 Å². The fourth-order valence-electron chi connectivity index (χ4n) is 3.87. The second-order valence-electron chi connectivity index (χ2n) is 12.6. The maximum absolute atomic E-state index is 11.8. The van der Waals surface area contributed by atoms with Crippen molar-refractivity contribution < 1.29 is 71.5 Å². The monoisotopic (exact) mass is 762 g/mol. The van der Waals surface area contributed by atoms with Crippen LogP contribution in [-0.2, 0) is 19.6 Å². The maximum atomic E-state index is 11.8. The Morgan fingerprint density at radius 2 is 1.10 bits per heavy atom. The van der Waals surface area contributed by atoms with E-state index in [1.54, 1.807) is 75.0 Å². The Hall–Kier alpha value is -3.34. The zero-order valence-corrected chi connectivity index (χ0v) is 33.8. The quantitative estimate of drug-likeness (QED) is 0.108. The molecule has 0 saturated heterocycles. The van der Waals surface area contributed by atoms with Crippen LogP contribution in [0.25, 0.3) is 0 Å². The van der Waals surface area contributed by atoms with Crippen LogP contribution in [0.3, 0.4) is 0 Å². The molecule has 0 aliphatic carbocycles. The summed E-state index contributed by atoms with van der Waals surface area (Å²) in [6.45, 7) is 10.8. The summed E-state index contributed by atoms with van der Waals surface area (Å²) in [6.07, 6.45) is -0.211. The van der Waals surface area contributed by atoms with Gasteiger partial charge >= 0.3 is 41.7 Å². The molecule has 0 aromatic heterocycles. The third kappa shape index (κ3) is 16.7. The molecule has 0 heterocycles. The van der Waals surface area contributed by atoms with Crippen molar-refractivity contribution in [3.8, 4) is 0 Å². The zero-order chi connectivity index (χ0) is 37.1. The molecule has 3 N–H and O–H groups in total. The van der Waals surface area contributed by atoms with Gasteiger partial charge in [-0.3, -0.25) is 15.4 Å². The van der Waals surface area contributed by atoms with E-state index in [4.69, 9.17) is 9.47 Å². The van der Waals surface area contributed by atoms with Gasteiger partial charge in [-0.05, 0) is 108 Å². The van der Waals surface area contributed by atoms with Crippen molar-refractivity contribution in [2.75, 3.05) is 10.6 Å². The summed E-state index contributed by atoms with van der Waals surface area (Å²) in [5, 5.41) is 14.9. The van der Waals surface area contributed by atoms with E-state index in [-0.39, 0.29) is 35.1 Å². The fraction of sp³-hybridized carbons (Fsp3) is 0.250. The molecule has 0 bridgehead atoms. The molecule has 1 unspecified atom stereocenters. The van der Waals surface area contributed by atoms with Crippen LogP contribution in [0.15, 0.2) is 117 Å². The number of benzene rings is 4. The Balaban J connectivity index is 0.000000351. The van der Waals surface area contributed by atoms with E-state index < -0.39 is 38.9 Å². The summed E-state index contributed by atoms with van der Waals surface area (Å²) in [7, 11) is -4.81. The number of carbonyl (C=O) groups is 3. The third-order valence-corrected chi connectivity index (χ3v) is 8.70. The molecule has 0 aliphatic rings. The van der Waals surface area contributed by atoms with Gasteiger partial charge in [0.15, 0.2) is 5.44 Å². The van der Waals surface area contributed by atoms with Crippen LogP contribution in [0.2, 0.25) is 0 Å². The van der Waals surface area contributed by atoms with Gasteiger partial charge in [-0.1, -0.05) is 59.9 Å². The van der Waals surface area contributed by atoms with Crippen molar-refractivity contribution in [1.29, 1.82) is 0 Å². The minimum atomic E-state index is -4.81. The van der Waals surface area contributed by atoms with Gasteiger partial charge in [0.05, 0.1) is 0 Å². The predicted octanol–water partition coefficient (Wildman–Crippen LogP) is 5.72. The average molecular weight is 763 g/mol. The topological polar surface area (TPSA) is 171 Å². The van der Waals surface area contributed by atoms with Gasteiger partial charge in [-0.15, -0.1) is 0 Å². The van der Waals surface area contributed by atoms with Crippen LogP contribution >= 0.6 is 23.5 Å². The van der Waals surface area contributed by atoms with E-state index in [9.17, 15) is 32.5 Å². The molecule has 0 saturated carbocycles. The molecule has 266 valence electrons. The Bertz CT molecular complexity index is 1880. The van der Waals surface area contributed by atoms with Crippen LogP contribution in [0.1, 0.15) is 62.9 Å². The first-order chi connectivity index (χ1) is 23.3. The number of ether oxygens (including phenoxy) is 2. The molecule has 0 fully saturated rings. The van der Waals surface area contributed by atoms with Gasteiger partial charge in [0.25, 0.3) is 0 Å². The van der Waals surface area contributed by atoms with Crippen molar-refractivity contribution >= 4 is 63.5 Å². The summed E-state index contributed by atoms with van der Waals surface area (Å²) in [4.78, 5) is 37.9. The number of aldehydes is 1. The minimum absolute atomic E-state index is 0. The van der Waals surface area contributed by atoms with Crippen molar-refractivity contribution in [2.45, 2.75) is 77.8 Å². The molecule has 0 spiro atoms. The standard InChI is InChI=1S/C18H21NO6S2.C18H19NO3S.Na/c1-18(2,3)25-17(21)19-13-5-4-6-15(11-13)26-14-9-7-12(8-10-14)16(20)27(22,23)24;1-18(2,3)22-17(21)19-14-5-4-6-16(11-14)23-15-9-7-13(12-20)8-10-15;/h4-11,16,20H,1-3H3,(H,19,21)(H,22,23,24);4-12H,1-3H3,(H,19,21);/q;;+1/p-1. The molecular formula is C36H39N2NaO9S3. The van der Waals surface area contributed by atoms with Crippen molar-refractivity contribution in [2.24, 2.45) is 0 Å². The molecule has 11 nitrogen and oxygen atoms in total. The number of aliphatic hydroxyl groups excluding tert-OH is 1. The summed E-state index contributed by atoms with van der Waals surface area (Å²) < 4.78 is 43.0. The van der Waals surface area contributed by atoms with Crippen LogP contribution in [0.5, 0.6) is 0 Å². The van der Waals surface area contributed by atoms with Crippen molar-refractivity contribution in [3.05, 3.63) is 108 Å². The van der Waals surface area contributed by atoms with E-state index in [0.29, 0.717) is 16.9 Å². The molecule has 1 atom stereocenters. The Kier molecular flexibility index (Phi) is 16.7. The second kappa shape index (κ2) is 19.5. The van der Waals surface area contributed by atoms with Crippen LogP contribution < -0.4 is 40.2 Å². The SMILES string of the molecule is CC(C)(C)OC(=O)Nc1cccc(Sc2ccc(C(O)S(=O)(=O)[O-])cc2)c1.CC(C)(C)OC(=O)Nc1cccc(Sc2ccc(C=O)cc2)c1.[Na+]. The largest absolute Gasteiger partial charge is 1.00 e. The van der Waals surface area contributed by atoms with Gasteiger partial charge in [-0.2, -0.15) is 0 Å². The summed E-state index contributed by atoms with van der Waals surface area (Å²) in [5.41, 5.74) is -1.31. The van der Waals surface area contributed by atoms with E-state index in [1.165, 1.54) is 23.9 Å². The van der Waals surface area contributed by atoms with Crippen molar-refractivity contribution in [1.82, 2.24) is 0 Å². The number of hydrogen-bond acceptors (Lipinski definition) is 11. The predicted molar refractivity (Wildman–Crippen MR) is 194 cm³/mol. The number of anilines is 2. The molecule has 4 aromatic carbocycles. The average Bonchev–Trinajstić information content (AvgIpc) is 3.00. The van der Waals surface area contributed by atoms with Crippen LogP contribution in [-0.4, -0.2) is 47.8 Å². The Morgan fingerprint density at radius 1 is 0.706 bits per heavy atom. The van der Waals surface area contributed by atoms with Gasteiger partial charge in [-0.25, -0.2) is 18.0 Å². The molecule has 4 aromatic rings. The summed E-state index contributed by atoms with van der Waals surface area (Å²) in [6, 6.07) is 27.9. The molecule has 4 rings (SSSR count). The number of carbonyl (C=O) groups excluding carboxylic acids is 3. The van der Waals surface area contributed by atoms with Crippen LogP contribution in [0.4, 0.5) is 21.0 Å². The third-order valence-electron chi connectivity index (χ3n) is 5.88. The van der Waals surface area contributed by atoms with E-state index in [0.717, 1.165) is 25.9 Å².